The van der Waals surface area contributed by atoms with Crippen LogP contribution in [0.1, 0.15) is 32.1 Å². The smallest absolute Gasteiger partial charge is 0.280 e. The van der Waals surface area contributed by atoms with Crippen molar-refractivity contribution in [3.63, 3.8) is 0 Å². The number of rotatable bonds is 6. The molecule has 0 spiro atoms. The quantitative estimate of drug-likeness (QED) is 0.288. The minimum Gasteiger partial charge on any atom is -0.382 e. The van der Waals surface area contributed by atoms with Crippen LogP contribution in [-0.2, 0) is 0 Å². The summed E-state index contributed by atoms with van der Waals surface area (Å²) in [5, 5.41) is 20.1. The number of anilines is 1. The molecule has 0 unspecified atom stereocenters. The maximum atomic E-state index is 11.6. The van der Waals surface area contributed by atoms with Gasteiger partial charge in [0.25, 0.3) is 5.69 Å². The highest BCUT2D eigenvalue weighted by atomic mass is 16.6. The Morgan fingerprint density at radius 1 is 1.00 bits per heavy atom. The van der Waals surface area contributed by atoms with E-state index in [1.54, 1.807) is 12.1 Å². The van der Waals surface area contributed by atoms with Crippen molar-refractivity contribution in [3.8, 4) is 0 Å². The number of nitro benzene ring substituents is 1. The number of para-hydroxylation sites is 1. The van der Waals surface area contributed by atoms with Crippen molar-refractivity contribution in [1.29, 1.82) is 0 Å². The van der Waals surface area contributed by atoms with Gasteiger partial charge in [0.1, 0.15) is 5.39 Å². The predicted octanol–water partition coefficient (Wildman–Crippen LogP) is 4.63. The van der Waals surface area contributed by atoms with E-state index in [9.17, 15) is 10.1 Å². The highest BCUT2D eigenvalue weighted by Gasteiger charge is 2.19. The zero-order valence-corrected chi connectivity index (χ0v) is 15.3. The van der Waals surface area contributed by atoms with Gasteiger partial charge >= 0.3 is 0 Å². The van der Waals surface area contributed by atoms with Gasteiger partial charge in [-0.1, -0.05) is 43.5 Å². The highest BCUT2D eigenvalue weighted by Crippen LogP contribution is 2.36. The lowest BCUT2D eigenvalue weighted by Gasteiger charge is -2.23. The van der Waals surface area contributed by atoms with Crippen LogP contribution in [0, 0.1) is 10.1 Å². The number of nitro groups is 1. The van der Waals surface area contributed by atoms with Gasteiger partial charge in [-0.15, -0.1) is 0 Å². The Morgan fingerprint density at radius 3 is 2.59 bits per heavy atom. The molecular formula is C21H24N4O2. The van der Waals surface area contributed by atoms with E-state index in [4.69, 9.17) is 0 Å². The predicted molar refractivity (Wildman–Crippen MR) is 109 cm³/mol. The van der Waals surface area contributed by atoms with E-state index < -0.39 is 0 Å². The average Bonchev–Trinajstić information content (AvgIpc) is 2.70. The van der Waals surface area contributed by atoms with Gasteiger partial charge < -0.3 is 10.6 Å². The van der Waals surface area contributed by atoms with Crippen molar-refractivity contribution >= 4 is 33.2 Å². The Labute approximate surface area is 158 Å². The first-order valence-electron chi connectivity index (χ1n) is 9.67. The number of pyridine rings is 1. The van der Waals surface area contributed by atoms with Gasteiger partial charge in [-0.05, 0) is 25.0 Å². The third kappa shape index (κ3) is 3.71. The molecule has 0 bridgehead atoms. The fraction of sp³-hybridized carbons (Fsp3) is 0.381. The van der Waals surface area contributed by atoms with E-state index in [1.807, 2.05) is 30.3 Å². The maximum Gasteiger partial charge on any atom is 0.280 e. The van der Waals surface area contributed by atoms with Crippen molar-refractivity contribution in [1.82, 2.24) is 10.3 Å². The molecule has 0 radical (unpaired) electrons. The van der Waals surface area contributed by atoms with Crippen molar-refractivity contribution in [2.75, 3.05) is 18.4 Å². The molecular weight excluding hydrogens is 340 g/mol. The number of non-ortho nitro benzene ring substituents is 1. The fourth-order valence-electron chi connectivity index (χ4n) is 4.03. The number of nitrogens with one attached hydrogen (secondary N) is 2. The Morgan fingerprint density at radius 2 is 1.78 bits per heavy atom. The second-order valence-electron chi connectivity index (χ2n) is 7.15. The van der Waals surface area contributed by atoms with Crippen molar-refractivity contribution in [3.05, 3.63) is 52.6 Å². The second kappa shape index (κ2) is 7.88. The molecule has 0 amide bonds. The summed E-state index contributed by atoms with van der Waals surface area (Å²) in [6.07, 6.45) is 6.43. The van der Waals surface area contributed by atoms with E-state index in [0.717, 1.165) is 23.1 Å². The molecule has 1 aliphatic rings. The third-order valence-corrected chi connectivity index (χ3v) is 5.35. The Hall–Kier alpha value is -2.73. The lowest BCUT2D eigenvalue weighted by molar-refractivity contribution is -0.383. The molecule has 27 heavy (non-hydrogen) atoms. The maximum absolute atomic E-state index is 11.6. The van der Waals surface area contributed by atoms with Crippen LogP contribution in [0.15, 0.2) is 42.5 Å². The molecule has 1 aliphatic carbocycles. The van der Waals surface area contributed by atoms with Crippen molar-refractivity contribution < 1.29 is 4.92 Å². The van der Waals surface area contributed by atoms with Crippen molar-refractivity contribution in [2.45, 2.75) is 38.1 Å². The average molecular weight is 364 g/mol. The van der Waals surface area contributed by atoms with Gasteiger partial charge in [-0.25, -0.2) is 4.98 Å². The molecule has 2 N–H and O–H groups in total. The molecule has 0 saturated heterocycles. The minimum atomic E-state index is -0.329. The molecule has 4 rings (SSSR count). The van der Waals surface area contributed by atoms with E-state index >= 15 is 0 Å². The van der Waals surface area contributed by atoms with Gasteiger partial charge in [0.2, 0.25) is 0 Å². The second-order valence-corrected chi connectivity index (χ2v) is 7.15. The third-order valence-electron chi connectivity index (χ3n) is 5.35. The number of hydrogen-bond donors (Lipinski definition) is 2. The van der Waals surface area contributed by atoms with E-state index in [-0.39, 0.29) is 10.6 Å². The first-order valence-corrected chi connectivity index (χ1v) is 9.67. The molecule has 3 aromatic rings. The molecule has 0 atom stereocenters. The molecule has 1 aromatic heterocycles. The van der Waals surface area contributed by atoms with E-state index in [0.29, 0.717) is 23.5 Å². The molecule has 2 aromatic carbocycles. The first-order chi connectivity index (χ1) is 13.2. The van der Waals surface area contributed by atoms with Crippen LogP contribution in [0.25, 0.3) is 21.8 Å². The summed E-state index contributed by atoms with van der Waals surface area (Å²) in [5.41, 5.74) is 2.38. The SMILES string of the molecule is O=[N+]([O-])c1cccc2nc3ccccc3c(NCCNC3CCCCC3)c12. The Balaban J connectivity index is 1.64. The molecule has 1 saturated carbocycles. The topological polar surface area (TPSA) is 80.1 Å². The zero-order valence-electron chi connectivity index (χ0n) is 15.3. The Kier molecular flexibility index (Phi) is 5.16. The van der Waals surface area contributed by atoms with Crippen LogP contribution < -0.4 is 10.6 Å². The molecule has 6 heteroatoms. The standard InChI is InChI=1S/C21H24N4O2/c26-25(27)19-12-6-11-18-20(19)21(16-9-4-5-10-17(16)24-18)23-14-13-22-15-7-2-1-3-8-15/h4-6,9-12,15,22H,1-3,7-8,13-14H2,(H,23,24). The van der Waals surface area contributed by atoms with Crippen molar-refractivity contribution in [2.24, 2.45) is 0 Å². The zero-order chi connectivity index (χ0) is 18.6. The molecule has 1 fully saturated rings. The number of fused-ring (bicyclic) bond motifs is 2. The molecule has 6 nitrogen and oxygen atoms in total. The van der Waals surface area contributed by atoms with Crippen LogP contribution in [0.4, 0.5) is 11.4 Å². The summed E-state index contributed by atoms with van der Waals surface area (Å²) in [6, 6.07) is 13.5. The van der Waals surface area contributed by atoms with E-state index in [1.165, 1.54) is 32.1 Å². The van der Waals surface area contributed by atoms with Crippen LogP contribution in [0.3, 0.4) is 0 Å². The lowest BCUT2D eigenvalue weighted by Crippen LogP contribution is -2.34. The molecule has 0 aliphatic heterocycles. The van der Waals surface area contributed by atoms with Gasteiger partial charge in [0, 0.05) is 30.6 Å². The minimum absolute atomic E-state index is 0.0912. The van der Waals surface area contributed by atoms with Crippen LogP contribution >= 0.6 is 0 Å². The Bertz CT molecular complexity index is 967. The largest absolute Gasteiger partial charge is 0.382 e. The summed E-state index contributed by atoms with van der Waals surface area (Å²) in [6.45, 7) is 1.55. The fourth-order valence-corrected chi connectivity index (χ4v) is 4.03. The first kappa shape index (κ1) is 17.7. The summed E-state index contributed by atoms with van der Waals surface area (Å²) in [5.74, 6) is 0. The summed E-state index contributed by atoms with van der Waals surface area (Å²) >= 11 is 0. The van der Waals surface area contributed by atoms with Gasteiger partial charge in [-0.2, -0.15) is 0 Å². The van der Waals surface area contributed by atoms with Gasteiger partial charge in [-0.3, -0.25) is 10.1 Å². The lowest BCUT2D eigenvalue weighted by atomic mass is 9.95. The number of hydrogen-bond acceptors (Lipinski definition) is 5. The number of benzene rings is 2. The highest BCUT2D eigenvalue weighted by molar-refractivity contribution is 6.11. The van der Waals surface area contributed by atoms with Crippen LogP contribution in [-0.4, -0.2) is 29.0 Å². The van der Waals surface area contributed by atoms with Crippen LogP contribution in [0.2, 0.25) is 0 Å². The number of nitrogens with zero attached hydrogens (tertiary/aromatic N) is 2. The molecule has 1 heterocycles. The van der Waals surface area contributed by atoms with Gasteiger partial charge in [0.15, 0.2) is 0 Å². The van der Waals surface area contributed by atoms with Gasteiger partial charge in [0.05, 0.1) is 21.6 Å². The summed E-state index contributed by atoms with van der Waals surface area (Å²) in [7, 11) is 0. The number of aromatic nitrogens is 1. The molecule has 140 valence electrons. The van der Waals surface area contributed by atoms with Crippen LogP contribution in [0.5, 0.6) is 0 Å². The summed E-state index contributed by atoms with van der Waals surface area (Å²) in [4.78, 5) is 15.9. The monoisotopic (exact) mass is 364 g/mol. The summed E-state index contributed by atoms with van der Waals surface area (Å²) < 4.78 is 0. The van der Waals surface area contributed by atoms with E-state index in [2.05, 4.69) is 15.6 Å². The normalized spacial score (nSPS) is 15.3.